The molecule has 0 saturated carbocycles. The maximum absolute atomic E-state index is 14.0. The van der Waals surface area contributed by atoms with E-state index in [2.05, 4.69) is 11.7 Å². The van der Waals surface area contributed by atoms with Gasteiger partial charge in [0.1, 0.15) is 6.10 Å². The number of carboxylic acids is 1. The van der Waals surface area contributed by atoms with Crippen LogP contribution in [-0.4, -0.2) is 47.1 Å². The smallest absolute Gasteiger partial charge is 0.460 e. The molecule has 35 heavy (non-hydrogen) atoms. The summed E-state index contributed by atoms with van der Waals surface area (Å²) < 4.78 is 123. The van der Waals surface area contributed by atoms with Crippen LogP contribution >= 0.6 is 0 Å². The van der Waals surface area contributed by atoms with Gasteiger partial charge in [0.25, 0.3) is 0 Å². The maximum Gasteiger partial charge on any atom is 0.460 e. The van der Waals surface area contributed by atoms with Gasteiger partial charge in [-0.15, -0.1) is 0 Å². The Bertz CT molecular complexity index is 676. The Morgan fingerprint density at radius 3 is 1.63 bits per heavy atom. The quantitative estimate of drug-likeness (QED) is 0.0854. The lowest BCUT2D eigenvalue weighted by Crippen LogP contribution is -2.61. The van der Waals surface area contributed by atoms with Crippen LogP contribution < -0.4 is 0 Å². The minimum atomic E-state index is -7.04. The van der Waals surface area contributed by atoms with E-state index in [-0.39, 0.29) is 18.6 Å². The zero-order valence-electron chi connectivity index (χ0n) is 19.3. The molecule has 0 heterocycles. The molecule has 1 unspecified atom stereocenters. The molecule has 0 bridgehead atoms. The molecule has 0 spiro atoms. The minimum Gasteiger partial charge on any atom is -0.478 e. The molecule has 206 valence electrons. The minimum absolute atomic E-state index is 0.0355. The number of rotatable bonds is 18. The first kappa shape index (κ1) is 33.0. The summed E-state index contributed by atoms with van der Waals surface area (Å²) >= 11 is 0. The number of alkyl halides is 9. The molecule has 4 nitrogen and oxygen atoms in total. The lowest BCUT2D eigenvalue weighted by Gasteiger charge is -2.35. The topological polar surface area (TPSA) is 63.6 Å². The molecular formula is C22H31F9O4. The standard InChI is InChI=1S/C22H31F9O4/c1-2-3-4-5-6-7-8-9-10-11-12-16(35-18(34)14-13-17(32)33)15-19(23,24)20(25,26)21(27,28)22(29,30)31/h13-14,16H,2-12,15H2,1H3,(H,32,33). The van der Waals surface area contributed by atoms with Crippen LogP contribution in [0.3, 0.4) is 0 Å². The van der Waals surface area contributed by atoms with E-state index in [1.165, 1.54) is 0 Å². The zero-order valence-corrected chi connectivity index (χ0v) is 19.3. The highest BCUT2D eigenvalue weighted by Crippen LogP contribution is 2.54. The van der Waals surface area contributed by atoms with Crippen LogP contribution in [0.4, 0.5) is 39.5 Å². The first-order valence-electron chi connectivity index (χ1n) is 11.3. The van der Waals surface area contributed by atoms with E-state index in [1.54, 1.807) is 0 Å². The van der Waals surface area contributed by atoms with Gasteiger partial charge < -0.3 is 9.84 Å². The Hall–Kier alpha value is -1.95. The Kier molecular flexibility index (Phi) is 13.8. The summed E-state index contributed by atoms with van der Waals surface area (Å²) in [5, 5.41) is 8.46. The van der Waals surface area contributed by atoms with Crippen molar-refractivity contribution in [3.8, 4) is 0 Å². The largest absolute Gasteiger partial charge is 0.478 e. The lowest BCUT2D eigenvalue weighted by molar-refractivity contribution is -0.398. The van der Waals surface area contributed by atoms with E-state index >= 15 is 0 Å². The van der Waals surface area contributed by atoms with Crippen LogP contribution in [-0.2, 0) is 14.3 Å². The van der Waals surface area contributed by atoms with Crippen LogP contribution in [0.5, 0.6) is 0 Å². The normalized spacial score (nSPS) is 14.3. The van der Waals surface area contributed by atoms with Gasteiger partial charge in [0.05, 0.1) is 6.42 Å². The molecule has 0 amide bonds. The van der Waals surface area contributed by atoms with E-state index in [0.717, 1.165) is 44.9 Å². The van der Waals surface area contributed by atoms with E-state index in [1.807, 2.05) is 0 Å². The number of esters is 1. The van der Waals surface area contributed by atoms with Crippen LogP contribution in [0, 0.1) is 0 Å². The Morgan fingerprint density at radius 1 is 0.743 bits per heavy atom. The van der Waals surface area contributed by atoms with Crippen molar-refractivity contribution in [3.05, 3.63) is 12.2 Å². The number of ether oxygens (including phenoxy) is 1. The SMILES string of the molecule is CCCCCCCCCCCCC(CC(F)(F)C(F)(F)C(F)(F)C(F)(F)F)OC(=O)C=CC(=O)O. The van der Waals surface area contributed by atoms with Crippen molar-refractivity contribution in [2.75, 3.05) is 0 Å². The van der Waals surface area contributed by atoms with Gasteiger partial charge in [-0.1, -0.05) is 64.7 Å². The molecule has 0 saturated heterocycles. The average molecular weight is 530 g/mol. The maximum atomic E-state index is 14.0. The molecule has 0 aliphatic heterocycles. The Labute approximate surface area is 197 Å². The monoisotopic (exact) mass is 530 g/mol. The van der Waals surface area contributed by atoms with Crippen LogP contribution in [0.15, 0.2) is 12.2 Å². The van der Waals surface area contributed by atoms with Gasteiger partial charge in [0, 0.05) is 12.2 Å². The van der Waals surface area contributed by atoms with Crippen LogP contribution in [0.1, 0.15) is 84.0 Å². The summed E-state index contributed by atoms with van der Waals surface area (Å²) in [5.74, 6) is -22.9. The van der Waals surface area contributed by atoms with Crippen LogP contribution in [0.25, 0.3) is 0 Å². The molecular weight excluding hydrogens is 499 g/mol. The summed E-state index contributed by atoms with van der Waals surface area (Å²) in [6.45, 7) is 2.08. The van der Waals surface area contributed by atoms with Crippen molar-refractivity contribution in [2.45, 2.75) is 114 Å². The van der Waals surface area contributed by atoms with Crippen LogP contribution in [0.2, 0.25) is 0 Å². The summed E-state index contributed by atoms with van der Waals surface area (Å²) in [4.78, 5) is 22.0. The molecule has 0 rings (SSSR count). The molecule has 0 radical (unpaired) electrons. The lowest BCUT2D eigenvalue weighted by atomic mass is 9.95. The molecule has 1 atom stereocenters. The highest BCUT2D eigenvalue weighted by atomic mass is 19.4. The fraction of sp³-hybridized carbons (Fsp3) is 0.818. The van der Waals surface area contributed by atoms with Gasteiger partial charge in [-0.3, -0.25) is 0 Å². The number of unbranched alkanes of at least 4 members (excludes halogenated alkanes) is 9. The first-order chi connectivity index (χ1) is 16.0. The number of carbonyl (C=O) groups is 2. The van der Waals surface area contributed by atoms with Crippen molar-refractivity contribution >= 4 is 11.9 Å². The third-order valence-corrected chi connectivity index (χ3v) is 5.22. The predicted octanol–water partition coefficient (Wildman–Crippen LogP) is 7.71. The number of hydrogen-bond donors (Lipinski definition) is 1. The van der Waals surface area contributed by atoms with Crippen molar-refractivity contribution in [3.63, 3.8) is 0 Å². The van der Waals surface area contributed by atoms with E-state index in [4.69, 9.17) is 5.11 Å². The number of hydrogen-bond acceptors (Lipinski definition) is 3. The number of halogens is 9. The molecule has 0 fully saturated rings. The molecule has 0 aliphatic rings. The van der Waals surface area contributed by atoms with Gasteiger partial charge in [0.15, 0.2) is 0 Å². The third-order valence-electron chi connectivity index (χ3n) is 5.22. The van der Waals surface area contributed by atoms with Crippen molar-refractivity contribution in [1.82, 2.24) is 0 Å². The first-order valence-corrected chi connectivity index (χ1v) is 11.3. The second kappa shape index (κ2) is 14.6. The van der Waals surface area contributed by atoms with Gasteiger partial charge in [0.2, 0.25) is 0 Å². The predicted molar refractivity (Wildman–Crippen MR) is 109 cm³/mol. The van der Waals surface area contributed by atoms with Gasteiger partial charge in [-0.2, -0.15) is 39.5 Å². The van der Waals surface area contributed by atoms with Crippen molar-refractivity contribution < 1.29 is 58.9 Å². The fourth-order valence-electron chi connectivity index (χ4n) is 3.23. The molecule has 13 heteroatoms. The summed E-state index contributed by atoms with van der Waals surface area (Å²) in [7, 11) is 0. The summed E-state index contributed by atoms with van der Waals surface area (Å²) in [6, 6.07) is 0. The van der Waals surface area contributed by atoms with Gasteiger partial charge >= 0.3 is 35.9 Å². The van der Waals surface area contributed by atoms with Crippen molar-refractivity contribution in [2.24, 2.45) is 0 Å². The van der Waals surface area contributed by atoms with Gasteiger partial charge in [-0.25, -0.2) is 9.59 Å². The zero-order chi connectivity index (χ0) is 27.3. The molecule has 1 N–H and O–H groups in total. The second-order valence-corrected chi connectivity index (χ2v) is 8.26. The molecule has 0 aromatic heterocycles. The number of carboxylic acid groups (broad SMARTS) is 1. The third kappa shape index (κ3) is 11.1. The summed E-state index contributed by atoms with van der Waals surface area (Å²) in [6.07, 6.45) is -3.32. The highest BCUT2D eigenvalue weighted by Gasteiger charge is 2.81. The fourth-order valence-corrected chi connectivity index (χ4v) is 3.23. The number of aliphatic carboxylic acids is 1. The van der Waals surface area contributed by atoms with E-state index < -0.39 is 54.8 Å². The van der Waals surface area contributed by atoms with E-state index in [9.17, 15) is 49.1 Å². The van der Waals surface area contributed by atoms with Gasteiger partial charge in [-0.05, 0) is 12.8 Å². The highest BCUT2D eigenvalue weighted by molar-refractivity contribution is 5.90. The van der Waals surface area contributed by atoms with E-state index in [0.29, 0.717) is 12.8 Å². The number of carbonyl (C=O) groups excluding carboxylic acids is 1. The average Bonchev–Trinajstić information content (AvgIpc) is 2.72. The molecule has 0 aliphatic carbocycles. The molecule has 0 aromatic carbocycles. The molecule has 0 aromatic rings. The van der Waals surface area contributed by atoms with Crippen molar-refractivity contribution in [1.29, 1.82) is 0 Å². The Balaban J connectivity index is 5.13. The summed E-state index contributed by atoms with van der Waals surface area (Å²) in [5.41, 5.74) is 0. The second-order valence-electron chi connectivity index (χ2n) is 8.26. The Morgan fingerprint density at radius 2 is 1.20 bits per heavy atom.